The summed E-state index contributed by atoms with van der Waals surface area (Å²) in [4.78, 5) is 30.8. The van der Waals surface area contributed by atoms with E-state index in [4.69, 9.17) is 11.6 Å². The second-order valence-electron chi connectivity index (χ2n) is 8.08. The Morgan fingerprint density at radius 2 is 2.03 bits per heavy atom. The molecule has 1 atom stereocenters. The van der Waals surface area contributed by atoms with E-state index in [2.05, 4.69) is 6.58 Å². The Morgan fingerprint density at radius 3 is 2.67 bits per heavy atom. The van der Waals surface area contributed by atoms with Crippen LogP contribution in [-0.4, -0.2) is 47.1 Å². The molecular weight excluding hydrogens is 423 g/mol. The Bertz CT molecular complexity index is 926. The summed E-state index contributed by atoms with van der Waals surface area (Å²) in [7, 11) is 0. The second kappa shape index (κ2) is 9.31. The molecule has 0 N–H and O–H groups in total. The zero-order valence-corrected chi connectivity index (χ0v) is 18.8. The maximum absolute atomic E-state index is 13.5. The molecular formula is C23H26ClFN2O2S. The summed E-state index contributed by atoms with van der Waals surface area (Å²) in [5, 5.41) is 2.02. The van der Waals surface area contributed by atoms with Crippen LogP contribution in [0.4, 0.5) is 4.39 Å². The highest BCUT2D eigenvalue weighted by molar-refractivity contribution is 7.10. The molecule has 1 aliphatic heterocycles. The molecule has 2 heterocycles. The number of halogens is 2. The number of amides is 2. The summed E-state index contributed by atoms with van der Waals surface area (Å²) in [5.41, 5.74) is 1.14. The number of benzene rings is 1. The SMILES string of the molecule is C=CCN(CC(=O)N1CCc2sccc2C1c1ccc(F)cc1)C(=O)C(C)(C)CCl. The maximum Gasteiger partial charge on any atom is 0.243 e. The van der Waals surface area contributed by atoms with Gasteiger partial charge in [0, 0.05) is 23.8 Å². The Hall–Kier alpha value is -2.18. The fourth-order valence-corrected chi connectivity index (χ4v) is 4.72. The number of carbonyl (C=O) groups excluding carboxylic acids is 2. The topological polar surface area (TPSA) is 40.6 Å². The molecule has 1 aliphatic rings. The predicted molar refractivity (Wildman–Crippen MR) is 119 cm³/mol. The highest BCUT2D eigenvalue weighted by atomic mass is 35.5. The highest BCUT2D eigenvalue weighted by Gasteiger charge is 2.36. The van der Waals surface area contributed by atoms with Crippen molar-refractivity contribution in [1.82, 2.24) is 9.80 Å². The molecule has 30 heavy (non-hydrogen) atoms. The van der Waals surface area contributed by atoms with Crippen molar-refractivity contribution in [3.63, 3.8) is 0 Å². The van der Waals surface area contributed by atoms with Crippen molar-refractivity contribution in [1.29, 1.82) is 0 Å². The van der Waals surface area contributed by atoms with Gasteiger partial charge in [-0.05, 0) is 55.0 Å². The largest absolute Gasteiger partial charge is 0.330 e. The quantitative estimate of drug-likeness (QED) is 0.457. The summed E-state index contributed by atoms with van der Waals surface area (Å²) < 4.78 is 13.5. The first-order valence-corrected chi connectivity index (χ1v) is 11.3. The smallest absolute Gasteiger partial charge is 0.243 e. The number of thiophene rings is 1. The van der Waals surface area contributed by atoms with E-state index in [1.54, 1.807) is 48.3 Å². The van der Waals surface area contributed by atoms with Crippen LogP contribution < -0.4 is 0 Å². The first-order valence-electron chi connectivity index (χ1n) is 9.86. The van der Waals surface area contributed by atoms with Crippen LogP contribution >= 0.6 is 22.9 Å². The van der Waals surface area contributed by atoms with Crippen molar-refractivity contribution in [3.8, 4) is 0 Å². The third kappa shape index (κ3) is 4.60. The van der Waals surface area contributed by atoms with E-state index in [1.807, 2.05) is 11.4 Å². The predicted octanol–water partition coefficient (Wildman–Crippen LogP) is 4.64. The van der Waals surface area contributed by atoms with Crippen LogP contribution in [0.3, 0.4) is 0 Å². The van der Waals surface area contributed by atoms with Gasteiger partial charge < -0.3 is 9.80 Å². The molecule has 0 fully saturated rings. The molecule has 3 rings (SSSR count). The number of alkyl halides is 1. The van der Waals surface area contributed by atoms with Crippen LogP contribution in [0.2, 0.25) is 0 Å². The second-order valence-corrected chi connectivity index (χ2v) is 9.35. The van der Waals surface area contributed by atoms with Crippen LogP contribution in [0.5, 0.6) is 0 Å². The molecule has 0 aliphatic carbocycles. The van der Waals surface area contributed by atoms with Crippen LogP contribution in [-0.2, 0) is 16.0 Å². The minimum absolute atomic E-state index is 0.0532. The van der Waals surface area contributed by atoms with E-state index in [0.717, 1.165) is 17.5 Å². The average molecular weight is 449 g/mol. The van der Waals surface area contributed by atoms with Gasteiger partial charge in [-0.1, -0.05) is 18.2 Å². The minimum atomic E-state index is -0.774. The van der Waals surface area contributed by atoms with Gasteiger partial charge in [0.05, 0.1) is 11.5 Å². The zero-order valence-electron chi connectivity index (χ0n) is 17.2. The van der Waals surface area contributed by atoms with Crippen molar-refractivity contribution in [3.05, 3.63) is 70.2 Å². The van der Waals surface area contributed by atoms with E-state index >= 15 is 0 Å². The van der Waals surface area contributed by atoms with E-state index in [-0.39, 0.29) is 42.6 Å². The molecule has 1 aromatic heterocycles. The van der Waals surface area contributed by atoms with Gasteiger partial charge in [0.2, 0.25) is 11.8 Å². The molecule has 0 spiro atoms. The van der Waals surface area contributed by atoms with Crippen LogP contribution in [0.25, 0.3) is 0 Å². The Morgan fingerprint density at radius 1 is 1.33 bits per heavy atom. The van der Waals surface area contributed by atoms with Crippen molar-refractivity contribution < 1.29 is 14.0 Å². The lowest BCUT2D eigenvalue weighted by molar-refractivity contribution is -0.145. The number of hydrogen-bond acceptors (Lipinski definition) is 3. The molecule has 0 saturated carbocycles. The zero-order chi connectivity index (χ0) is 21.9. The van der Waals surface area contributed by atoms with E-state index < -0.39 is 5.41 Å². The average Bonchev–Trinajstić information content (AvgIpc) is 3.21. The van der Waals surface area contributed by atoms with Crippen molar-refractivity contribution in [2.75, 3.05) is 25.5 Å². The van der Waals surface area contributed by atoms with Gasteiger partial charge in [0.1, 0.15) is 12.4 Å². The molecule has 160 valence electrons. The van der Waals surface area contributed by atoms with Gasteiger partial charge in [0.15, 0.2) is 0 Å². The van der Waals surface area contributed by atoms with Gasteiger partial charge in [-0.2, -0.15) is 0 Å². The van der Waals surface area contributed by atoms with Gasteiger partial charge >= 0.3 is 0 Å². The number of rotatable bonds is 7. The number of hydrogen-bond donors (Lipinski definition) is 0. The summed E-state index contributed by atoms with van der Waals surface area (Å²) in [6, 6.07) is 7.99. The van der Waals surface area contributed by atoms with Crippen LogP contribution in [0.1, 0.15) is 35.9 Å². The first kappa shape index (κ1) is 22.5. The fraction of sp³-hybridized carbons (Fsp3) is 0.391. The van der Waals surface area contributed by atoms with Crippen molar-refractivity contribution in [2.45, 2.75) is 26.3 Å². The summed E-state index contributed by atoms with van der Waals surface area (Å²) in [6.45, 7) is 8.01. The summed E-state index contributed by atoms with van der Waals surface area (Å²) >= 11 is 7.65. The van der Waals surface area contributed by atoms with Crippen LogP contribution in [0.15, 0.2) is 48.4 Å². The van der Waals surface area contributed by atoms with Crippen molar-refractivity contribution >= 4 is 34.8 Å². The van der Waals surface area contributed by atoms with Gasteiger partial charge in [-0.3, -0.25) is 9.59 Å². The molecule has 2 aromatic rings. The summed E-state index contributed by atoms with van der Waals surface area (Å²) in [5.74, 6) is -0.489. The third-order valence-corrected chi connectivity index (χ3v) is 7.01. The molecule has 1 aromatic carbocycles. The Kier molecular flexibility index (Phi) is 6.98. The Labute approximate surface area is 185 Å². The highest BCUT2D eigenvalue weighted by Crippen LogP contribution is 2.38. The van der Waals surface area contributed by atoms with E-state index in [0.29, 0.717) is 6.54 Å². The third-order valence-electron chi connectivity index (χ3n) is 5.35. The van der Waals surface area contributed by atoms with E-state index in [9.17, 15) is 14.0 Å². The molecule has 0 bridgehead atoms. The molecule has 7 heteroatoms. The van der Waals surface area contributed by atoms with E-state index in [1.165, 1.54) is 21.9 Å². The minimum Gasteiger partial charge on any atom is -0.330 e. The molecule has 4 nitrogen and oxygen atoms in total. The number of fused-ring (bicyclic) bond motifs is 1. The lowest BCUT2D eigenvalue weighted by Gasteiger charge is -2.38. The Balaban J connectivity index is 1.90. The summed E-state index contributed by atoms with van der Waals surface area (Å²) in [6.07, 6.45) is 2.37. The van der Waals surface area contributed by atoms with Gasteiger partial charge in [-0.25, -0.2) is 4.39 Å². The number of nitrogens with zero attached hydrogens (tertiary/aromatic N) is 2. The first-order chi connectivity index (χ1) is 14.3. The lowest BCUT2D eigenvalue weighted by Crippen LogP contribution is -2.49. The maximum atomic E-state index is 13.5. The normalized spacial score (nSPS) is 16.1. The van der Waals surface area contributed by atoms with Crippen LogP contribution in [0, 0.1) is 11.2 Å². The van der Waals surface area contributed by atoms with Crippen molar-refractivity contribution in [2.24, 2.45) is 5.41 Å². The van der Waals surface area contributed by atoms with Gasteiger partial charge in [0.25, 0.3) is 0 Å². The molecule has 0 radical (unpaired) electrons. The number of carbonyl (C=O) groups is 2. The molecule has 2 amide bonds. The molecule has 1 unspecified atom stereocenters. The van der Waals surface area contributed by atoms with Gasteiger partial charge in [-0.15, -0.1) is 29.5 Å². The standard InChI is InChI=1S/C23H26ClFN2O2S/c1-4-11-26(22(29)23(2,3)15-24)14-20(28)27-12-9-19-18(10-13-30-19)21(27)16-5-7-17(25)8-6-16/h4-8,10,13,21H,1,9,11-12,14-15H2,2-3H3. The fourth-order valence-electron chi connectivity index (χ4n) is 3.70. The monoisotopic (exact) mass is 448 g/mol. The lowest BCUT2D eigenvalue weighted by atomic mass is 9.92. The molecule has 0 saturated heterocycles.